The van der Waals surface area contributed by atoms with Crippen molar-refractivity contribution in [2.24, 2.45) is 0 Å². The van der Waals surface area contributed by atoms with Crippen LogP contribution in [-0.4, -0.2) is 71.1 Å². The van der Waals surface area contributed by atoms with Crippen LogP contribution in [0.25, 0.3) is 0 Å². The van der Waals surface area contributed by atoms with Crippen LogP contribution in [0, 0.1) is 11.3 Å². The number of amides is 1. The Hall–Kier alpha value is -2.08. The van der Waals surface area contributed by atoms with Gasteiger partial charge < -0.3 is 15.0 Å². The molecule has 2 heterocycles. The predicted molar refractivity (Wildman–Crippen MR) is 112 cm³/mol. The van der Waals surface area contributed by atoms with Gasteiger partial charge in [-0.25, -0.2) is 0 Å². The summed E-state index contributed by atoms with van der Waals surface area (Å²) in [5, 5.41) is 12.3. The van der Waals surface area contributed by atoms with E-state index in [9.17, 15) is 9.59 Å². The molecule has 7 nitrogen and oxygen atoms in total. The Bertz CT molecular complexity index is 756. The second-order valence-electron chi connectivity index (χ2n) is 7.74. The van der Waals surface area contributed by atoms with Gasteiger partial charge in [0.1, 0.15) is 0 Å². The van der Waals surface area contributed by atoms with Crippen LogP contribution in [-0.2, 0) is 20.9 Å². The summed E-state index contributed by atoms with van der Waals surface area (Å²) >= 11 is 1.78. The van der Waals surface area contributed by atoms with E-state index in [1.54, 1.807) is 23.9 Å². The zero-order valence-corrected chi connectivity index (χ0v) is 17.8. The van der Waals surface area contributed by atoms with E-state index in [0.29, 0.717) is 25.1 Å². The molecule has 0 bridgehead atoms. The molecule has 2 atom stereocenters. The molecule has 1 aromatic rings. The van der Waals surface area contributed by atoms with Gasteiger partial charge in [0.2, 0.25) is 5.91 Å². The number of carbonyl (C=O) groups excluding carboxylic acids is 2. The van der Waals surface area contributed by atoms with E-state index >= 15 is 0 Å². The molecule has 2 fully saturated rings. The minimum absolute atomic E-state index is 0.0644. The third-order valence-corrected chi connectivity index (χ3v) is 6.12. The van der Waals surface area contributed by atoms with E-state index < -0.39 is 0 Å². The molecule has 2 aliphatic heterocycles. The standard InChI is InChI=1S/C21H28N4O3S/c1-15(2)28-20(26)13-25(12-17-5-3-16(10-22)4-6-17)18-9-19(23-11-18)21(27)24-7-8-29-14-24/h3-6,15,18-19,23H,7-9,11-14H2,1-2H3/t18-,19-/m0/s1. The molecule has 2 aliphatic rings. The van der Waals surface area contributed by atoms with Crippen LogP contribution in [0.4, 0.5) is 0 Å². The Morgan fingerprint density at radius 1 is 1.38 bits per heavy atom. The highest BCUT2D eigenvalue weighted by Crippen LogP contribution is 2.21. The molecule has 156 valence electrons. The van der Waals surface area contributed by atoms with Crippen molar-refractivity contribution in [1.29, 1.82) is 5.26 Å². The number of hydrogen-bond acceptors (Lipinski definition) is 7. The van der Waals surface area contributed by atoms with E-state index in [1.807, 2.05) is 30.9 Å². The van der Waals surface area contributed by atoms with Crippen molar-refractivity contribution < 1.29 is 14.3 Å². The first-order chi connectivity index (χ1) is 14.0. The van der Waals surface area contributed by atoms with Crippen LogP contribution in [0.2, 0.25) is 0 Å². The third kappa shape index (κ3) is 5.95. The summed E-state index contributed by atoms with van der Waals surface area (Å²) in [6.07, 6.45) is 0.508. The normalized spacial score (nSPS) is 21.6. The number of thioether (sulfide) groups is 1. The van der Waals surface area contributed by atoms with Crippen molar-refractivity contribution in [3.63, 3.8) is 0 Å². The second kappa shape index (κ2) is 10.1. The van der Waals surface area contributed by atoms with Gasteiger partial charge >= 0.3 is 5.97 Å². The molecule has 0 unspecified atom stereocenters. The Morgan fingerprint density at radius 3 is 2.76 bits per heavy atom. The molecule has 3 rings (SSSR count). The lowest BCUT2D eigenvalue weighted by Gasteiger charge is -2.28. The maximum absolute atomic E-state index is 12.7. The molecule has 29 heavy (non-hydrogen) atoms. The van der Waals surface area contributed by atoms with E-state index in [-0.39, 0.29) is 36.6 Å². The monoisotopic (exact) mass is 416 g/mol. The topological polar surface area (TPSA) is 85.7 Å². The van der Waals surface area contributed by atoms with Gasteiger partial charge in [-0.15, -0.1) is 11.8 Å². The van der Waals surface area contributed by atoms with Gasteiger partial charge in [0.05, 0.1) is 36.2 Å². The lowest BCUT2D eigenvalue weighted by molar-refractivity contribution is -0.149. The zero-order chi connectivity index (χ0) is 20.8. The highest BCUT2D eigenvalue weighted by Gasteiger charge is 2.36. The molecule has 1 amide bonds. The summed E-state index contributed by atoms with van der Waals surface area (Å²) < 4.78 is 5.35. The number of hydrogen-bond donors (Lipinski definition) is 1. The fourth-order valence-electron chi connectivity index (χ4n) is 3.69. The summed E-state index contributed by atoms with van der Waals surface area (Å²) in [7, 11) is 0. The Labute approximate surface area is 176 Å². The van der Waals surface area contributed by atoms with Crippen LogP contribution in [0.3, 0.4) is 0 Å². The molecule has 8 heteroatoms. The third-order valence-electron chi connectivity index (χ3n) is 5.15. The smallest absolute Gasteiger partial charge is 0.320 e. The minimum Gasteiger partial charge on any atom is -0.462 e. The number of esters is 1. The first-order valence-electron chi connectivity index (χ1n) is 9.98. The van der Waals surface area contributed by atoms with Crippen molar-refractivity contribution in [3.8, 4) is 6.07 Å². The largest absolute Gasteiger partial charge is 0.462 e. The highest BCUT2D eigenvalue weighted by atomic mass is 32.2. The molecule has 0 saturated carbocycles. The van der Waals surface area contributed by atoms with Gasteiger partial charge in [0, 0.05) is 31.4 Å². The summed E-state index contributed by atoms with van der Waals surface area (Å²) in [5.74, 6) is 1.64. The van der Waals surface area contributed by atoms with E-state index in [1.165, 1.54) is 0 Å². The quantitative estimate of drug-likeness (QED) is 0.676. The fraction of sp³-hybridized carbons (Fsp3) is 0.571. The van der Waals surface area contributed by atoms with Crippen LogP contribution in [0.15, 0.2) is 24.3 Å². The molecular formula is C21H28N4O3S. The summed E-state index contributed by atoms with van der Waals surface area (Å²) in [6.45, 7) is 5.87. The number of carbonyl (C=O) groups is 2. The molecule has 0 spiro atoms. The Kier molecular flexibility index (Phi) is 7.53. The van der Waals surface area contributed by atoms with Gasteiger partial charge in [-0.2, -0.15) is 5.26 Å². The number of rotatable bonds is 7. The Morgan fingerprint density at radius 2 is 2.14 bits per heavy atom. The maximum Gasteiger partial charge on any atom is 0.320 e. The number of nitrogens with one attached hydrogen (secondary N) is 1. The number of ether oxygens (including phenoxy) is 1. The second-order valence-corrected chi connectivity index (χ2v) is 8.82. The van der Waals surface area contributed by atoms with Crippen molar-refractivity contribution >= 4 is 23.6 Å². The van der Waals surface area contributed by atoms with Crippen molar-refractivity contribution in [2.75, 3.05) is 31.3 Å². The zero-order valence-electron chi connectivity index (χ0n) is 17.0. The molecule has 1 aromatic carbocycles. The van der Waals surface area contributed by atoms with Crippen molar-refractivity contribution in [2.45, 2.75) is 45.0 Å². The van der Waals surface area contributed by atoms with Gasteiger partial charge in [0.15, 0.2) is 0 Å². The van der Waals surface area contributed by atoms with Crippen molar-refractivity contribution in [3.05, 3.63) is 35.4 Å². The minimum atomic E-state index is -0.264. The lowest BCUT2D eigenvalue weighted by Crippen LogP contribution is -2.42. The lowest BCUT2D eigenvalue weighted by atomic mass is 10.1. The molecule has 0 radical (unpaired) electrons. The fourth-order valence-corrected chi connectivity index (χ4v) is 4.65. The van der Waals surface area contributed by atoms with E-state index in [0.717, 1.165) is 23.7 Å². The number of nitriles is 1. The molecule has 1 N–H and O–H groups in total. The van der Waals surface area contributed by atoms with Gasteiger partial charge in [-0.1, -0.05) is 12.1 Å². The van der Waals surface area contributed by atoms with Gasteiger partial charge in [0.25, 0.3) is 0 Å². The summed E-state index contributed by atoms with van der Waals surface area (Å²) in [5.41, 5.74) is 1.63. The first kappa shape index (κ1) is 21.6. The molecule has 0 aliphatic carbocycles. The maximum atomic E-state index is 12.7. The van der Waals surface area contributed by atoms with E-state index in [4.69, 9.17) is 10.00 Å². The van der Waals surface area contributed by atoms with Gasteiger partial charge in [-0.05, 0) is 38.0 Å². The average Bonchev–Trinajstić information content (AvgIpc) is 3.39. The van der Waals surface area contributed by atoms with Crippen LogP contribution in [0.1, 0.15) is 31.4 Å². The predicted octanol–water partition coefficient (Wildman–Crippen LogP) is 1.58. The summed E-state index contributed by atoms with van der Waals surface area (Å²) in [6, 6.07) is 9.36. The molecular weight excluding hydrogens is 388 g/mol. The van der Waals surface area contributed by atoms with E-state index in [2.05, 4.69) is 16.3 Å². The van der Waals surface area contributed by atoms with Gasteiger partial charge in [-0.3, -0.25) is 14.5 Å². The average molecular weight is 417 g/mol. The molecule has 2 saturated heterocycles. The van der Waals surface area contributed by atoms with Crippen LogP contribution >= 0.6 is 11.8 Å². The van der Waals surface area contributed by atoms with Crippen LogP contribution < -0.4 is 5.32 Å². The molecule has 0 aromatic heterocycles. The van der Waals surface area contributed by atoms with Crippen LogP contribution in [0.5, 0.6) is 0 Å². The van der Waals surface area contributed by atoms with Crippen molar-refractivity contribution in [1.82, 2.24) is 15.1 Å². The highest BCUT2D eigenvalue weighted by molar-refractivity contribution is 7.99. The Balaban J connectivity index is 1.67. The summed E-state index contributed by atoms with van der Waals surface area (Å²) in [4.78, 5) is 29.0. The SMILES string of the molecule is CC(C)OC(=O)CN(Cc1ccc(C#N)cc1)[C@@H]1CN[C@H](C(=O)N2CCSC2)C1. The first-order valence-corrected chi connectivity index (χ1v) is 11.1. The number of benzene rings is 1. The number of nitrogens with zero attached hydrogens (tertiary/aromatic N) is 3.